The average Bonchev–Trinajstić information content (AvgIpc) is 2.81. The normalized spacial score (nSPS) is 12.1. The van der Waals surface area contributed by atoms with E-state index in [0.29, 0.717) is 17.0 Å². The molecule has 3 aromatic rings. The summed E-state index contributed by atoms with van der Waals surface area (Å²) in [7, 11) is -4.26. The SMILES string of the molecule is CC(C)[C@H](NS(=O)(=O)c1ccccc1F)C(=O)Nc1cccc(OCc2cccc(C#N)c2)c1. The first-order valence-electron chi connectivity index (χ1n) is 10.5. The lowest BCUT2D eigenvalue weighted by Crippen LogP contribution is -2.47. The number of nitrogens with one attached hydrogen (secondary N) is 2. The predicted octanol–water partition coefficient (Wildman–Crippen LogP) is 4.22. The van der Waals surface area contributed by atoms with Gasteiger partial charge in [-0.1, -0.05) is 44.2 Å². The summed E-state index contributed by atoms with van der Waals surface area (Å²) in [5, 5.41) is 11.7. The van der Waals surface area contributed by atoms with Crippen molar-refractivity contribution in [2.24, 2.45) is 5.92 Å². The van der Waals surface area contributed by atoms with Crippen molar-refractivity contribution in [3.8, 4) is 11.8 Å². The van der Waals surface area contributed by atoms with E-state index >= 15 is 0 Å². The van der Waals surface area contributed by atoms with E-state index in [1.807, 2.05) is 6.07 Å². The van der Waals surface area contributed by atoms with Crippen LogP contribution >= 0.6 is 0 Å². The first-order chi connectivity index (χ1) is 16.2. The van der Waals surface area contributed by atoms with E-state index in [1.165, 1.54) is 12.1 Å². The summed E-state index contributed by atoms with van der Waals surface area (Å²) in [6.07, 6.45) is 0. The third-order valence-corrected chi connectivity index (χ3v) is 6.39. The minimum absolute atomic E-state index is 0.226. The quantitative estimate of drug-likeness (QED) is 0.476. The Labute approximate surface area is 198 Å². The lowest BCUT2D eigenvalue weighted by molar-refractivity contribution is -0.118. The molecular formula is C25H24FN3O4S. The molecule has 3 aromatic carbocycles. The van der Waals surface area contributed by atoms with Gasteiger partial charge in [0.25, 0.3) is 0 Å². The minimum Gasteiger partial charge on any atom is -0.489 e. The van der Waals surface area contributed by atoms with Crippen LogP contribution in [0.3, 0.4) is 0 Å². The maximum absolute atomic E-state index is 14.0. The molecule has 0 aliphatic rings. The maximum atomic E-state index is 14.0. The topological polar surface area (TPSA) is 108 Å². The highest BCUT2D eigenvalue weighted by atomic mass is 32.2. The van der Waals surface area contributed by atoms with Crippen molar-refractivity contribution < 1.29 is 22.3 Å². The van der Waals surface area contributed by atoms with E-state index in [2.05, 4.69) is 16.1 Å². The number of ether oxygens (including phenoxy) is 1. The van der Waals surface area contributed by atoms with Crippen LogP contribution in [0.5, 0.6) is 5.75 Å². The van der Waals surface area contributed by atoms with Crippen LogP contribution in [0.25, 0.3) is 0 Å². The summed E-state index contributed by atoms with van der Waals surface area (Å²) in [4.78, 5) is 12.4. The standard InChI is InChI=1S/C25H24FN3O4S/c1-17(2)24(29-34(31,32)23-12-4-3-11-22(23)26)25(30)28-20-9-6-10-21(14-20)33-16-19-8-5-7-18(13-19)15-27/h3-14,17,24,29H,16H2,1-2H3,(H,28,30)/t24-/m0/s1. The molecule has 0 unspecified atom stereocenters. The molecule has 0 radical (unpaired) electrons. The number of amides is 1. The highest BCUT2D eigenvalue weighted by molar-refractivity contribution is 7.89. The average molecular weight is 482 g/mol. The number of anilines is 1. The number of benzene rings is 3. The molecule has 2 N–H and O–H groups in total. The summed E-state index contributed by atoms with van der Waals surface area (Å²) in [5.41, 5.74) is 1.75. The number of halogens is 1. The van der Waals surface area contributed by atoms with Crippen LogP contribution in [-0.2, 0) is 21.4 Å². The highest BCUT2D eigenvalue weighted by Crippen LogP contribution is 2.21. The van der Waals surface area contributed by atoms with Gasteiger partial charge in [0.15, 0.2) is 0 Å². The van der Waals surface area contributed by atoms with Gasteiger partial charge in [0.1, 0.15) is 29.1 Å². The van der Waals surface area contributed by atoms with Gasteiger partial charge >= 0.3 is 0 Å². The Kier molecular flexibility index (Phi) is 7.99. The van der Waals surface area contributed by atoms with Crippen LogP contribution in [0.2, 0.25) is 0 Å². The Balaban J connectivity index is 1.70. The molecule has 0 saturated carbocycles. The summed E-state index contributed by atoms with van der Waals surface area (Å²) in [6.45, 7) is 3.59. The molecule has 0 aliphatic carbocycles. The Morgan fingerprint density at radius 1 is 1.06 bits per heavy atom. The largest absolute Gasteiger partial charge is 0.489 e. The summed E-state index contributed by atoms with van der Waals surface area (Å²) in [5.74, 6) is -1.42. The zero-order chi connectivity index (χ0) is 24.7. The molecular weight excluding hydrogens is 457 g/mol. The number of hydrogen-bond donors (Lipinski definition) is 2. The Morgan fingerprint density at radius 2 is 1.79 bits per heavy atom. The number of carbonyl (C=O) groups excluding carboxylic acids is 1. The van der Waals surface area contributed by atoms with E-state index in [0.717, 1.165) is 17.7 Å². The van der Waals surface area contributed by atoms with E-state index in [-0.39, 0.29) is 6.61 Å². The van der Waals surface area contributed by atoms with Crippen LogP contribution in [0, 0.1) is 23.1 Å². The lowest BCUT2D eigenvalue weighted by atomic mass is 10.0. The first kappa shape index (κ1) is 24.9. The molecule has 176 valence electrons. The van der Waals surface area contributed by atoms with Crippen molar-refractivity contribution in [1.29, 1.82) is 5.26 Å². The monoisotopic (exact) mass is 481 g/mol. The number of nitrogens with zero attached hydrogens (tertiary/aromatic N) is 1. The first-order valence-corrected chi connectivity index (χ1v) is 12.0. The zero-order valence-corrected chi connectivity index (χ0v) is 19.5. The van der Waals surface area contributed by atoms with Gasteiger partial charge in [0.2, 0.25) is 15.9 Å². The van der Waals surface area contributed by atoms with Crippen LogP contribution in [0.1, 0.15) is 25.0 Å². The molecule has 0 aliphatic heterocycles. The van der Waals surface area contributed by atoms with Gasteiger partial charge < -0.3 is 10.1 Å². The molecule has 9 heteroatoms. The van der Waals surface area contributed by atoms with Crippen molar-refractivity contribution in [1.82, 2.24) is 4.72 Å². The van der Waals surface area contributed by atoms with Crippen LogP contribution in [-0.4, -0.2) is 20.4 Å². The second-order valence-electron chi connectivity index (χ2n) is 7.89. The summed E-state index contributed by atoms with van der Waals surface area (Å²) >= 11 is 0. The van der Waals surface area contributed by atoms with Gasteiger partial charge in [0.05, 0.1) is 11.6 Å². The number of hydrogen-bond acceptors (Lipinski definition) is 5. The van der Waals surface area contributed by atoms with Gasteiger partial charge in [-0.05, 0) is 47.9 Å². The van der Waals surface area contributed by atoms with Gasteiger partial charge in [-0.15, -0.1) is 0 Å². The van der Waals surface area contributed by atoms with Crippen LogP contribution in [0.4, 0.5) is 10.1 Å². The molecule has 7 nitrogen and oxygen atoms in total. The van der Waals surface area contributed by atoms with E-state index in [4.69, 9.17) is 10.00 Å². The van der Waals surface area contributed by atoms with E-state index in [9.17, 15) is 17.6 Å². The molecule has 0 fully saturated rings. The third-order valence-electron chi connectivity index (χ3n) is 4.92. The number of rotatable bonds is 9. The number of sulfonamides is 1. The molecule has 34 heavy (non-hydrogen) atoms. The van der Waals surface area contributed by atoms with Crippen molar-refractivity contribution in [2.75, 3.05) is 5.32 Å². The molecule has 3 rings (SSSR count). The number of carbonyl (C=O) groups is 1. The Hall–Kier alpha value is -3.74. The van der Waals surface area contributed by atoms with Crippen molar-refractivity contribution in [3.63, 3.8) is 0 Å². The molecule has 0 aromatic heterocycles. The predicted molar refractivity (Wildman–Crippen MR) is 126 cm³/mol. The Bertz CT molecular complexity index is 1320. The van der Waals surface area contributed by atoms with Crippen molar-refractivity contribution in [2.45, 2.75) is 31.4 Å². The third kappa shape index (κ3) is 6.41. The Morgan fingerprint density at radius 3 is 2.50 bits per heavy atom. The van der Waals surface area contributed by atoms with Gasteiger partial charge in [-0.25, -0.2) is 12.8 Å². The fourth-order valence-electron chi connectivity index (χ4n) is 3.17. The van der Waals surface area contributed by atoms with Crippen molar-refractivity contribution >= 4 is 21.6 Å². The molecule has 1 atom stereocenters. The lowest BCUT2D eigenvalue weighted by Gasteiger charge is -2.22. The molecule has 1 amide bonds. The fourth-order valence-corrected chi connectivity index (χ4v) is 4.59. The number of nitriles is 1. The summed E-state index contributed by atoms with van der Waals surface area (Å²) < 4.78 is 47.4. The second-order valence-corrected chi connectivity index (χ2v) is 9.57. The fraction of sp³-hybridized carbons (Fsp3) is 0.200. The van der Waals surface area contributed by atoms with Gasteiger partial charge in [-0.2, -0.15) is 9.98 Å². The zero-order valence-electron chi connectivity index (χ0n) is 18.7. The minimum atomic E-state index is -4.26. The smallest absolute Gasteiger partial charge is 0.244 e. The van der Waals surface area contributed by atoms with Gasteiger partial charge in [0, 0.05) is 11.8 Å². The van der Waals surface area contributed by atoms with E-state index < -0.39 is 38.6 Å². The van der Waals surface area contributed by atoms with Gasteiger partial charge in [-0.3, -0.25) is 4.79 Å². The van der Waals surface area contributed by atoms with Crippen LogP contribution in [0.15, 0.2) is 77.7 Å². The molecule has 0 spiro atoms. The molecule has 0 heterocycles. The summed E-state index contributed by atoms with van der Waals surface area (Å²) in [6, 6.07) is 19.6. The van der Waals surface area contributed by atoms with Crippen molar-refractivity contribution in [3.05, 3.63) is 89.7 Å². The van der Waals surface area contributed by atoms with E-state index in [1.54, 1.807) is 56.3 Å². The molecule has 0 saturated heterocycles. The maximum Gasteiger partial charge on any atom is 0.244 e. The van der Waals surface area contributed by atoms with Crippen LogP contribution < -0.4 is 14.8 Å². The molecule has 0 bridgehead atoms. The highest BCUT2D eigenvalue weighted by Gasteiger charge is 2.30. The second kappa shape index (κ2) is 10.9.